The Kier molecular flexibility index (Phi) is 3.05. The van der Waals surface area contributed by atoms with Crippen LogP contribution in [0.1, 0.15) is 0 Å². The maximum atomic E-state index is 5.59. The average molecular weight is 192 g/mol. The van der Waals surface area contributed by atoms with Crippen LogP contribution in [0.5, 0.6) is 0 Å². The van der Waals surface area contributed by atoms with Crippen molar-refractivity contribution in [1.82, 2.24) is 9.97 Å². The highest BCUT2D eigenvalue weighted by atomic mass is 35.5. The Morgan fingerprint density at radius 1 is 1.60 bits per heavy atom. The minimum Gasteiger partial charge on any atom is -0.225 e. The highest BCUT2D eigenvalue weighted by molar-refractivity contribution is 8.64. The van der Waals surface area contributed by atoms with Gasteiger partial charge in [-0.15, -0.1) is 0 Å². The van der Waals surface area contributed by atoms with Crippen LogP contribution in [-0.4, -0.2) is 15.8 Å². The van der Waals surface area contributed by atoms with Crippen LogP contribution < -0.4 is 0 Å². The first-order chi connectivity index (χ1) is 4.83. The molecule has 0 bridgehead atoms. The number of rotatable bonds is 2. The Labute approximate surface area is 71.4 Å². The molecule has 1 rings (SSSR count). The third-order valence-electron chi connectivity index (χ3n) is 0.753. The summed E-state index contributed by atoms with van der Waals surface area (Å²) in [5, 5.41) is 1.30. The lowest BCUT2D eigenvalue weighted by Gasteiger charge is -1.86. The molecule has 0 atom stereocenters. The predicted octanol–water partition coefficient (Wildman–Crippen LogP) is 1.65. The van der Waals surface area contributed by atoms with Crippen molar-refractivity contribution >= 4 is 38.6 Å². The smallest absolute Gasteiger partial charge is 0.225 e. The van der Waals surface area contributed by atoms with Crippen LogP contribution in [0.25, 0.3) is 0 Å². The Morgan fingerprint density at radius 3 is 3.00 bits per heavy atom. The molecule has 1 aromatic heterocycles. The number of nitrogens with zero attached hydrogens (tertiary/aromatic N) is 2. The minimum absolute atomic E-state index is 0.464. The molecule has 0 aliphatic rings. The monoisotopic (exact) mass is 191 g/mol. The van der Waals surface area contributed by atoms with Crippen molar-refractivity contribution in [1.29, 1.82) is 0 Å². The highest BCUT2D eigenvalue weighted by Crippen LogP contribution is 2.15. The van der Waals surface area contributed by atoms with Gasteiger partial charge in [0.1, 0.15) is 11.5 Å². The lowest BCUT2D eigenvalue weighted by atomic mass is 10.7. The molecular weight excluding hydrogens is 188 g/mol. The molecule has 0 unspecified atom stereocenters. The van der Waals surface area contributed by atoms with Gasteiger partial charge in [-0.1, -0.05) is 11.6 Å². The number of halogens is 1. The van der Waals surface area contributed by atoms with Gasteiger partial charge in [0, 0.05) is 6.07 Å². The van der Waals surface area contributed by atoms with Crippen LogP contribution in [0.3, 0.4) is 0 Å². The molecule has 10 heavy (non-hydrogen) atoms. The molecule has 1 heterocycles. The molecule has 5 heteroatoms. The van der Waals surface area contributed by atoms with Crippen LogP contribution in [0.15, 0.2) is 17.4 Å². The predicted molar refractivity (Wildman–Crippen MR) is 47.4 cm³/mol. The number of aromatic nitrogens is 2. The zero-order chi connectivity index (χ0) is 7.40. The molecule has 0 fully saturated rings. The van der Waals surface area contributed by atoms with Gasteiger partial charge in [0.2, 0.25) is 10.8 Å². The van der Waals surface area contributed by atoms with E-state index >= 15 is 0 Å². The standard InChI is InChI=1S/C5H4ClN2S2/c1-9-10-5-2-4(6)7-3-8-5/h2-3H,1H2/q+1. The molecule has 0 amide bonds. The van der Waals surface area contributed by atoms with Gasteiger partial charge in [0.05, 0.1) is 0 Å². The van der Waals surface area contributed by atoms with Crippen LogP contribution in [0, 0.1) is 0 Å². The van der Waals surface area contributed by atoms with Crippen molar-refractivity contribution in [2.45, 2.75) is 5.03 Å². The van der Waals surface area contributed by atoms with Gasteiger partial charge in [-0.3, -0.25) is 0 Å². The third-order valence-corrected chi connectivity index (χ3v) is 2.34. The van der Waals surface area contributed by atoms with Gasteiger partial charge >= 0.3 is 0 Å². The van der Waals surface area contributed by atoms with E-state index in [2.05, 4.69) is 15.8 Å². The van der Waals surface area contributed by atoms with Gasteiger partial charge in [0.15, 0.2) is 10.9 Å². The van der Waals surface area contributed by atoms with E-state index in [0.29, 0.717) is 5.15 Å². The molecule has 0 radical (unpaired) electrons. The van der Waals surface area contributed by atoms with Gasteiger partial charge in [-0.25, -0.2) is 9.97 Å². The fraction of sp³-hybridized carbons (Fsp3) is 0. The molecule has 2 nitrogen and oxygen atoms in total. The second-order valence-corrected chi connectivity index (χ2v) is 3.80. The largest absolute Gasteiger partial charge is 0.259 e. The van der Waals surface area contributed by atoms with Crippen molar-refractivity contribution in [2.75, 3.05) is 0 Å². The van der Waals surface area contributed by atoms with E-state index in [9.17, 15) is 0 Å². The van der Waals surface area contributed by atoms with E-state index in [0.717, 1.165) is 5.03 Å². The maximum absolute atomic E-state index is 5.59. The summed E-state index contributed by atoms with van der Waals surface area (Å²) in [5.74, 6) is 3.59. The second-order valence-electron chi connectivity index (χ2n) is 1.38. The first kappa shape index (κ1) is 7.91. The van der Waals surface area contributed by atoms with Gasteiger partial charge in [-0.05, 0) is 0 Å². The minimum atomic E-state index is 0.464. The van der Waals surface area contributed by atoms with Crippen LogP contribution >= 0.6 is 22.4 Å². The molecule has 0 saturated carbocycles. The van der Waals surface area contributed by atoms with Gasteiger partial charge in [-0.2, -0.15) is 0 Å². The average Bonchev–Trinajstić information content (AvgIpc) is 1.88. The van der Waals surface area contributed by atoms with E-state index < -0.39 is 0 Å². The Morgan fingerprint density at radius 2 is 2.40 bits per heavy atom. The maximum Gasteiger partial charge on any atom is 0.259 e. The number of hydrogen-bond donors (Lipinski definition) is 0. The summed E-state index contributed by atoms with van der Waals surface area (Å²) in [7, 11) is 2.84. The van der Waals surface area contributed by atoms with E-state index in [1.165, 1.54) is 27.5 Å². The van der Waals surface area contributed by atoms with E-state index in [1.807, 2.05) is 0 Å². The van der Waals surface area contributed by atoms with Crippen LogP contribution in [-0.2, 0) is 10.4 Å². The second kappa shape index (κ2) is 3.85. The first-order valence-electron chi connectivity index (χ1n) is 2.39. The highest BCUT2D eigenvalue weighted by Gasteiger charge is 2.01. The summed E-state index contributed by atoms with van der Waals surface area (Å²) in [6.45, 7) is 0. The fourth-order valence-electron chi connectivity index (χ4n) is 0.423. The van der Waals surface area contributed by atoms with E-state index in [4.69, 9.17) is 11.6 Å². The van der Waals surface area contributed by atoms with Crippen LogP contribution in [0.2, 0.25) is 5.15 Å². The summed E-state index contributed by atoms with van der Waals surface area (Å²) >= 11 is 5.59. The quantitative estimate of drug-likeness (QED) is 0.308. The Hall–Kier alpha value is -0.190. The molecule has 0 aromatic carbocycles. The summed E-state index contributed by atoms with van der Waals surface area (Å²) < 4.78 is 0. The Balaban J connectivity index is 2.84. The van der Waals surface area contributed by atoms with Crippen LogP contribution in [0.4, 0.5) is 0 Å². The molecule has 0 aliphatic carbocycles. The van der Waals surface area contributed by atoms with Crippen molar-refractivity contribution < 1.29 is 0 Å². The van der Waals surface area contributed by atoms with Gasteiger partial charge < -0.3 is 0 Å². The van der Waals surface area contributed by atoms with Crippen molar-refractivity contribution in [3.63, 3.8) is 0 Å². The first-order valence-corrected chi connectivity index (χ1v) is 5.09. The molecule has 0 aliphatic heterocycles. The lowest BCUT2D eigenvalue weighted by molar-refractivity contribution is 1.05. The van der Waals surface area contributed by atoms with Crippen molar-refractivity contribution in [3.8, 4) is 0 Å². The molecule has 0 saturated heterocycles. The normalized spacial score (nSPS) is 9.30. The summed E-state index contributed by atoms with van der Waals surface area (Å²) in [6.07, 6.45) is 1.43. The van der Waals surface area contributed by atoms with Crippen molar-refractivity contribution in [2.24, 2.45) is 0 Å². The topological polar surface area (TPSA) is 25.8 Å². The SMILES string of the molecule is C=[S+]Sc1cc(Cl)ncn1. The molecule has 0 spiro atoms. The zero-order valence-corrected chi connectivity index (χ0v) is 7.34. The molecular formula is C5H4ClN2S2+. The van der Waals surface area contributed by atoms with E-state index in [1.54, 1.807) is 6.07 Å². The number of hydrogen-bond acceptors (Lipinski definition) is 3. The third kappa shape index (κ3) is 2.21. The zero-order valence-electron chi connectivity index (χ0n) is 4.95. The van der Waals surface area contributed by atoms with E-state index in [-0.39, 0.29) is 0 Å². The van der Waals surface area contributed by atoms with Gasteiger partial charge in [0.25, 0.3) is 10.4 Å². The molecule has 0 N–H and O–H groups in total. The fourth-order valence-corrected chi connectivity index (χ4v) is 1.64. The summed E-state index contributed by atoms with van der Waals surface area (Å²) in [4.78, 5) is 7.67. The summed E-state index contributed by atoms with van der Waals surface area (Å²) in [6, 6.07) is 1.70. The molecule has 1 aromatic rings. The lowest BCUT2D eigenvalue weighted by Crippen LogP contribution is -1.80. The Bertz CT molecular complexity index is 241. The molecule has 52 valence electrons. The van der Waals surface area contributed by atoms with Crippen molar-refractivity contribution in [3.05, 3.63) is 17.5 Å². The summed E-state index contributed by atoms with van der Waals surface area (Å²) in [5.41, 5.74) is 0.